The van der Waals surface area contributed by atoms with Crippen molar-refractivity contribution in [1.29, 1.82) is 0 Å². The molecule has 0 radical (unpaired) electrons. The number of hydrogen-bond acceptors (Lipinski definition) is 2. The van der Waals surface area contributed by atoms with E-state index in [2.05, 4.69) is 41.2 Å². The maximum atomic E-state index is 3.58. The summed E-state index contributed by atoms with van der Waals surface area (Å²) in [6, 6.07) is 2.31. The van der Waals surface area contributed by atoms with Crippen molar-refractivity contribution in [1.82, 2.24) is 5.32 Å². The molecule has 1 aromatic heterocycles. The molecule has 16 heavy (non-hydrogen) atoms. The van der Waals surface area contributed by atoms with Gasteiger partial charge < -0.3 is 5.32 Å². The number of rotatable bonds is 8. The minimum atomic E-state index is 1.16. The quantitative estimate of drug-likeness (QED) is 0.696. The van der Waals surface area contributed by atoms with Crippen LogP contribution in [0.15, 0.2) is 9.85 Å². The number of halogens is 1. The second-order valence-electron chi connectivity index (χ2n) is 4.23. The summed E-state index contributed by atoms with van der Waals surface area (Å²) >= 11 is 5.46. The van der Waals surface area contributed by atoms with E-state index >= 15 is 0 Å². The first-order valence-corrected chi connectivity index (χ1v) is 7.80. The lowest BCUT2D eigenvalue weighted by atomic mass is 10.1. The SMILES string of the molecule is CCCNCCCCCc1cc(C)c(Br)s1. The zero-order valence-electron chi connectivity index (χ0n) is 10.3. The number of aryl methyl sites for hydroxylation is 2. The van der Waals surface area contributed by atoms with E-state index < -0.39 is 0 Å². The second-order valence-corrected chi connectivity index (χ2v) is 6.68. The average molecular weight is 304 g/mol. The zero-order valence-corrected chi connectivity index (χ0v) is 12.7. The summed E-state index contributed by atoms with van der Waals surface area (Å²) in [5.74, 6) is 0. The lowest BCUT2D eigenvalue weighted by Crippen LogP contribution is -2.15. The molecule has 1 aromatic rings. The summed E-state index contributed by atoms with van der Waals surface area (Å²) in [7, 11) is 0. The van der Waals surface area contributed by atoms with Gasteiger partial charge in [0.25, 0.3) is 0 Å². The average Bonchev–Trinajstić information content (AvgIpc) is 2.57. The van der Waals surface area contributed by atoms with E-state index in [1.165, 1.54) is 52.9 Å². The summed E-state index contributed by atoms with van der Waals surface area (Å²) in [6.07, 6.45) is 6.45. The van der Waals surface area contributed by atoms with Gasteiger partial charge in [-0.15, -0.1) is 11.3 Å². The second kappa shape index (κ2) is 8.26. The Morgan fingerprint density at radius 3 is 2.69 bits per heavy atom. The topological polar surface area (TPSA) is 12.0 Å². The third-order valence-corrected chi connectivity index (χ3v) is 4.81. The lowest BCUT2D eigenvalue weighted by molar-refractivity contribution is 0.600. The Balaban J connectivity index is 2.03. The highest BCUT2D eigenvalue weighted by Crippen LogP contribution is 2.28. The molecule has 1 heterocycles. The molecule has 0 atom stereocenters. The normalized spacial score (nSPS) is 10.9. The van der Waals surface area contributed by atoms with Gasteiger partial charge in [0, 0.05) is 4.88 Å². The predicted molar refractivity (Wildman–Crippen MR) is 77.5 cm³/mol. The molecule has 1 nitrogen and oxygen atoms in total. The number of hydrogen-bond donors (Lipinski definition) is 1. The molecular weight excluding hydrogens is 282 g/mol. The first-order valence-electron chi connectivity index (χ1n) is 6.19. The molecule has 0 aromatic carbocycles. The van der Waals surface area contributed by atoms with Gasteiger partial charge in [-0.3, -0.25) is 0 Å². The monoisotopic (exact) mass is 303 g/mol. The number of unbranched alkanes of at least 4 members (excludes halogenated alkanes) is 2. The highest BCUT2D eigenvalue weighted by molar-refractivity contribution is 9.11. The van der Waals surface area contributed by atoms with E-state index in [0.29, 0.717) is 0 Å². The standard InChI is InChI=1S/C13H22BrNS/c1-3-8-15-9-6-4-5-7-12-10-11(2)13(14)16-12/h10,15H,3-9H2,1-2H3. The van der Waals surface area contributed by atoms with Crippen molar-refractivity contribution < 1.29 is 0 Å². The van der Waals surface area contributed by atoms with Crippen molar-refractivity contribution in [2.45, 2.75) is 46.0 Å². The minimum absolute atomic E-state index is 1.16. The van der Waals surface area contributed by atoms with E-state index in [1.54, 1.807) is 0 Å². The van der Waals surface area contributed by atoms with Crippen LogP contribution in [0.3, 0.4) is 0 Å². The van der Waals surface area contributed by atoms with Crippen LogP contribution in [0.1, 0.15) is 43.0 Å². The van der Waals surface area contributed by atoms with Crippen LogP contribution >= 0.6 is 27.3 Å². The highest BCUT2D eigenvalue weighted by Gasteiger charge is 2.02. The summed E-state index contributed by atoms with van der Waals surface area (Å²) in [5.41, 5.74) is 1.38. The van der Waals surface area contributed by atoms with Crippen LogP contribution in [0.25, 0.3) is 0 Å². The van der Waals surface area contributed by atoms with Crippen molar-refractivity contribution in [3.8, 4) is 0 Å². The molecule has 1 rings (SSSR count). The Morgan fingerprint density at radius 1 is 1.25 bits per heavy atom. The molecule has 0 unspecified atom stereocenters. The third kappa shape index (κ3) is 5.46. The van der Waals surface area contributed by atoms with Gasteiger partial charge in [0.15, 0.2) is 0 Å². The molecule has 3 heteroatoms. The van der Waals surface area contributed by atoms with Gasteiger partial charge in [0.1, 0.15) is 0 Å². The Morgan fingerprint density at radius 2 is 2.06 bits per heavy atom. The van der Waals surface area contributed by atoms with Gasteiger partial charge in [-0.05, 0) is 73.3 Å². The minimum Gasteiger partial charge on any atom is -0.317 e. The fourth-order valence-corrected chi connectivity index (χ4v) is 3.34. The largest absolute Gasteiger partial charge is 0.317 e. The van der Waals surface area contributed by atoms with Crippen LogP contribution in [0.5, 0.6) is 0 Å². The van der Waals surface area contributed by atoms with Gasteiger partial charge in [0.2, 0.25) is 0 Å². The first kappa shape index (κ1) is 14.2. The molecule has 0 aliphatic heterocycles. The maximum absolute atomic E-state index is 3.58. The van der Waals surface area contributed by atoms with E-state index in [-0.39, 0.29) is 0 Å². The summed E-state index contributed by atoms with van der Waals surface area (Å²) in [4.78, 5) is 1.52. The summed E-state index contributed by atoms with van der Waals surface area (Å²) in [5, 5.41) is 3.44. The van der Waals surface area contributed by atoms with Crippen LogP contribution in [0, 0.1) is 6.92 Å². The molecule has 0 saturated carbocycles. The van der Waals surface area contributed by atoms with Crippen molar-refractivity contribution in [3.05, 3.63) is 20.3 Å². The van der Waals surface area contributed by atoms with Gasteiger partial charge in [-0.1, -0.05) is 13.3 Å². The molecule has 0 aliphatic rings. The number of nitrogens with one attached hydrogen (secondary N) is 1. The fraction of sp³-hybridized carbons (Fsp3) is 0.692. The summed E-state index contributed by atoms with van der Waals surface area (Å²) in [6.45, 7) is 6.72. The van der Waals surface area contributed by atoms with E-state index in [0.717, 1.165) is 6.54 Å². The van der Waals surface area contributed by atoms with E-state index in [9.17, 15) is 0 Å². The first-order chi connectivity index (χ1) is 7.74. The smallest absolute Gasteiger partial charge is 0.0730 e. The van der Waals surface area contributed by atoms with E-state index in [1.807, 2.05) is 11.3 Å². The zero-order chi connectivity index (χ0) is 11.8. The van der Waals surface area contributed by atoms with Gasteiger partial charge in [-0.2, -0.15) is 0 Å². The predicted octanol–water partition coefficient (Wildman–Crippen LogP) is 4.53. The Hall–Kier alpha value is 0.140. The molecular formula is C13H22BrNS. The molecule has 0 bridgehead atoms. The highest BCUT2D eigenvalue weighted by atomic mass is 79.9. The van der Waals surface area contributed by atoms with Gasteiger partial charge in [0.05, 0.1) is 3.79 Å². The third-order valence-electron chi connectivity index (χ3n) is 2.61. The number of thiophene rings is 1. The molecule has 92 valence electrons. The van der Waals surface area contributed by atoms with Gasteiger partial charge in [-0.25, -0.2) is 0 Å². The van der Waals surface area contributed by atoms with Crippen LogP contribution in [-0.4, -0.2) is 13.1 Å². The molecule has 0 amide bonds. The Labute approximate surface area is 112 Å². The van der Waals surface area contributed by atoms with Crippen molar-refractivity contribution in [2.24, 2.45) is 0 Å². The van der Waals surface area contributed by atoms with Crippen molar-refractivity contribution in [2.75, 3.05) is 13.1 Å². The molecule has 0 saturated heterocycles. The van der Waals surface area contributed by atoms with Gasteiger partial charge >= 0.3 is 0 Å². The van der Waals surface area contributed by atoms with Crippen LogP contribution < -0.4 is 5.32 Å². The maximum Gasteiger partial charge on any atom is 0.0730 e. The summed E-state index contributed by atoms with van der Waals surface area (Å²) < 4.78 is 1.30. The van der Waals surface area contributed by atoms with Crippen molar-refractivity contribution in [3.63, 3.8) is 0 Å². The van der Waals surface area contributed by atoms with Crippen molar-refractivity contribution >= 4 is 27.3 Å². The Kier molecular flexibility index (Phi) is 7.33. The fourth-order valence-electron chi connectivity index (χ4n) is 1.67. The van der Waals surface area contributed by atoms with E-state index in [4.69, 9.17) is 0 Å². The molecule has 0 fully saturated rings. The Bertz CT molecular complexity index is 277. The molecule has 0 aliphatic carbocycles. The van der Waals surface area contributed by atoms with Crippen LogP contribution in [0.2, 0.25) is 0 Å². The lowest BCUT2D eigenvalue weighted by Gasteiger charge is -2.02. The molecule has 1 N–H and O–H groups in total. The van der Waals surface area contributed by atoms with Crippen LogP contribution in [-0.2, 0) is 6.42 Å². The molecule has 0 spiro atoms. The van der Waals surface area contributed by atoms with Crippen LogP contribution in [0.4, 0.5) is 0 Å².